The van der Waals surface area contributed by atoms with Crippen LogP contribution in [0.2, 0.25) is 5.02 Å². The first-order valence-electron chi connectivity index (χ1n) is 7.18. The van der Waals surface area contributed by atoms with Crippen LogP contribution in [0.15, 0.2) is 53.4 Å². The van der Waals surface area contributed by atoms with Crippen molar-refractivity contribution in [2.24, 2.45) is 0 Å². The van der Waals surface area contributed by atoms with E-state index in [1.807, 2.05) is 0 Å². The van der Waals surface area contributed by atoms with Crippen molar-refractivity contribution in [2.45, 2.75) is 6.54 Å². The minimum Gasteiger partial charge on any atom is -0.268 e. The number of carbonyl (C=O) groups excluding carboxylic acids is 2. The Balaban J connectivity index is 1.79. The predicted octanol–water partition coefficient (Wildman–Crippen LogP) is 4.48. The van der Waals surface area contributed by atoms with Crippen molar-refractivity contribution in [2.75, 3.05) is 0 Å². The standard InChI is InChI=1S/C17H11ClN2O4S/c18-13-3-1-2-12(8-13)10-19-16(21)15(25-17(19)22)9-11-4-6-14(7-5-11)20(23)24/h1-9H,10H2/b15-9-. The van der Waals surface area contributed by atoms with E-state index in [2.05, 4.69) is 0 Å². The molecule has 0 aliphatic carbocycles. The van der Waals surface area contributed by atoms with Crippen LogP contribution in [0.4, 0.5) is 10.5 Å². The molecule has 2 amide bonds. The number of nitro benzene ring substituents is 1. The molecule has 0 N–H and O–H groups in total. The summed E-state index contributed by atoms with van der Waals surface area (Å²) in [6.45, 7) is 0.142. The zero-order valence-corrected chi connectivity index (χ0v) is 14.3. The maximum absolute atomic E-state index is 12.5. The highest BCUT2D eigenvalue weighted by Crippen LogP contribution is 2.33. The van der Waals surface area contributed by atoms with Gasteiger partial charge in [-0.1, -0.05) is 23.7 Å². The van der Waals surface area contributed by atoms with Gasteiger partial charge in [0.15, 0.2) is 0 Å². The van der Waals surface area contributed by atoms with E-state index in [1.165, 1.54) is 24.3 Å². The number of nitro groups is 1. The van der Waals surface area contributed by atoms with Crippen molar-refractivity contribution in [3.63, 3.8) is 0 Å². The lowest BCUT2D eigenvalue weighted by molar-refractivity contribution is -0.384. The average molecular weight is 375 g/mol. The molecule has 8 heteroatoms. The molecule has 1 aliphatic rings. The van der Waals surface area contributed by atoms with E-state index in [0.717, 1.165) is 22.2 Å². The van der Waals surface area contributed by atoms with Gasteiger partial charge in [0.25, 0.3) is 16.8 Å². The molecule has 0 unspecified atom stereocenters. The maximum atomic E-state index is 12.5. The van der Waals surface area contributed by atoms with Crippen LogP contribution in [0, 0.1) is 10.1 Å². The molecule has 1 fully saturated rings. The van der Waals surface area contributed by atoms with E-state index in [9.17, 15) is 19.7 Å². The van der Waals surface area contributed by atoms with Crippen LogP contribution in [0.1, 0.15) is 11.1 Å². The van der Waals surface area contributed by atoms with Crippen LogP contribution in [0.5, 0.6) is 0 Å². The molecule has 2 aromatic carbocycles. The Bertz CT molecular complexity index is 896. The molecule has 1 saturated heterocycles. The normalized spacial score (nSPS) is 15.9. The lowest BCUT2D eigenvalue weighted by Crippen LogP contribution is -2.27. The number of imide groups is 1. The van der Waals surface area contributed by atoms with E-state index in [0.29, 0.717) is 10.6 Å². The van der Waals surface area contributed by atoms with E-state index < -0.39 is 10.8 Å². The number of hydrogen-bond donors (Lipinski definition) is 0. The lowest BCUT2D eigenvalue weighted by atomic mass is 10.2. The number of carbonyl (C=O) groups is 2. The SMILES string of the molecule is O=C1S/C(=C\c2ccc([N+](=O)[O-])cc2)C(=O)N1Cc1cccc(Cl)c1. The molecule has 2 aromatic rings. The van der Waals surface area contributed by atoms with Gasteiger partial charge in [-0.05, 0) is 53.2 Å². The Morgan fingerprint density at radius 2 is 1.88 bits per heavy atom. The van der Waals surface area contributed by atoms with Crippen LogP contribution in [-0.4, -0.2) is 21.0 Å². The number of amides is 2. The molecule has 3 rings (SSSR count). The first-order chi connectivity index (χ1) is 11.9. The zero-order valence-electron chi connectivity index (χ0n) is 12.7. The highest BCUT2D eigenvalue weighted by molar-refractivity contribution is 8.18. The monoisotopic (exact) mass is 374 g/mol. The summed E-state index contributed by atoms with van der Waals surface area (Å²) < 4.78 is 0. The molecule has 126 valence electrons. The van der Waals surface area contributed by atoms with Gasteiger partial charge in [-0.3, -0.25) is 24.6 Å². The van der Waals surface area contributed by atoms with Gasteiger partial charge in [-0.2, -0.15) is 0 Å². The summed E-state index contributed by atoms with van der Waals surface area (Å²) in [5.74, 6) is -0.395. The zero-order chi connectivity index (χ0) is 18.0. The second-order valence-corrected chi connectivity index (χ2v) is 6.68. The first kappa shape index (κ1) is 17.2. The first-order valence-corrected chi connectivity index (χ1v) is 8.38. The summed E-state index contributed by atoms with van der Waals surface area (Å²) in [7, 11) is 0. The van der Waals surface area contributed by atoms with Gasteiger partial charge in [0.1, 0.15) is 0 Å². The van der Waals surface area contributed by atoms with Crippen molar-refractivity contribution in [3.8, 4) is 0 Å². The highest BCUT2D eigenvalue weighted by Gasteiger charge is 2.34. The molecule has 1 aliphatic heterocycles. The Morgan fingerprint density at radius 1 is 1.16 bits per heavy atom. The smallest absolute Gasteiger partial charge is 0.268 e. The van der Waals surface area contributed by atoms with Crippen molar-refractivity contribution >= 4 is 46.3 Å². The third-order valence-electron chi connectivity index (χ3n) is 3.50. The average Bonchev–Trinajstić information content (AvgIpc) is 2.83. The quantitative estimate of drug-likeness (QED) is 0.447. The summed E-state index contributed by atoms with van der Waals surface area (Å²) in [4.78, 5) is 36.2. The molecule has 0 saturated carbocycles. The Labute approximate surface area is 152 Å². The Morgan fingerprint density at radius 3 is 2.52 bits per heavy atom. The summed E-state index contributed by atoms with van der Waals surface area (Å²) in [5.41, 5.74) is 1.33. The summed E-state index contributed by atoms with van der Waals surface area (Å²) in [6.07, 6.45) is 1.55. The minimum atomic E-state index is -0.497. The fourth-order valence-corrected chi connectivity index (χ4v) is 3.35. The molecule has 25 heavy (non-hydrogen) atoms. The van der Waals surface area contributed by atoms with Gasteiger partial charge in [0, 0.05) is 17.2 Å². The molecule has 1 heterocycles. The van der Waals surface area contributed by atoms with Gasteiger partial charge in [0.2, 0.25) is 0 Å². The van der Waals surface area contributed by atoms with Gasteiger partial charge in [0.05, 0.1) is 16.4 Å². The predicted molar refractivity (Wildman–Crippen MR) is 96.1 cm³/mol. The number of halogens is 1. The molecular formula is C17H11ClN2O4S. The molecule has 0 spiro atoms. The summed E-state index contributed by atoms with van der Waals surface area (Å²) in [6, 6.07) is 12.7. The number of nitrogens with zero attached hydrogens (tertiary/aromatic N) is 2. The van der Waals surface area contributed by atoms with Crippen LogP contribution in [0.3, 0.4) is 0 Å². The number of thioether (sulfide) groups is 1. The summed E-state index contributed by atoms with van der Waals surface area (Å²) >= 11 is 6.76. The molecule has 0 aromatic heterocycles. The minimum absolute atomic E-state index is 0.0359. The van der Waals surface area contributed by atoms with E-state index in [-0.39, 0.29) is 22.4 Å². The van der Waals surface area contributed by atoms with Gasteiger partial charge in [-0.25, -0.2) is 0 Å². The molecular weight excluding hydrogens is 364 g/mol. The number of benzene rings is 2. The highest BCUT2D eigenvalue weighted by atomic mass is 35.5. The number of non-ortho nitro benzene ring substituents is 1. The fraction of sp³-hybridized carbons (Fsp3) is 0.0588. The van der Waals surface area contributed by atoms with Crippen molar-refractivity contribution in [1.82, 2.24) is 4.90 Å². The second-order valence-electron chi connectivity index (χ2n) is 5.25. The van der Waals surface area contributed by atoms with Crippen LogP contribution < -0.4 is 0 Å². The topological polar surface area (TPSA) is 80.5 Å². The van der Waals surface area contributed by atoms with E-state index in [1.54, 1.807) is 30.3 Å². The van der Waals surface area contributed by atoms with E-state index >= 15 is 0 Å². The van der Waals surface area contributed by atoms with Crippen LogP contribution in [-0.2, 0) is 11.3 Å². The van der Waals surface area contributed by atoms with Crippen LogP contribution in [0.25, 0.3) is 6.08 Å². The van der Waals surface area contributed by atoms with Gasteiger partial charge < -0.3 is 0 Å². The van der Waals surface area contributed by atoms with E-state index in [4.69, 9.17) is 11.6 Å². The molecule has 6 nitrogen and oxygen atoms in total. The Hall–Kier alpha value is -2.64. The molecule has 0 radical (unpaired) electrons. The van der Waals surface area contributed by atoms with Crippen molar-refractivity contribution in [1.29, 1.82) is 0 Å². The largest absolute Gasteiger partial charge is 0.293 e. The van der Waals surface area contributed by atoms with Crippen molar-refractivity contribution in [3.05, 3.63) is 79.7 Å². The van der Waals surface area contributed by atoms with Gasteiger partial charge in [-0.15, -0.1) is 0 Å². The third kappa shape index (κ3) is 3.89. The molecule has 0 atom stereocenters. The van der Waals surface area contributed by atoms with Gasteiger partial charge >= 0.3 is 0 Å². The maximum Gasteiger partial charge on any atom is 0.293 e. The lowest BCUT2D eigenvalue weighted by Gasteiger charge is -2.12. The second kappa shape index (κ2) is 7.08. The fourth-order valence-electron chi connectivity index (χ4n) is 2.30. The number of hydrogen-bond acceptors (Lipinski definition) is 5. The Kier molecular flexibility index (Phi) is 4.87. The van der Waals surface area contributed by atoms with Crippen LogP contribution >= 0.6 is 23.4 Å². The molecule has 0 bridgehead atoms. The van der Waals surface area contributed by atoms with Crippen molar-refractivity contribution < 1.29 is 14.5 Å². The summed E-state index contributed by atoms with van der Waals surface area (Å²) in [5, 5.41) is 10.8. The third-order valence-corrected chi connectivity index (χ3v) is 4.65. The number of rotatable bonds is 4.